The van der Waals surface area contributed by atoms with Crippen LogP contribution in [0.1, 0.15) is 4.11 Å². The third-order valence-electron chi connectivity index (χ3n) is 0.730. The lowest BCUT2D eigenvalue weighted by Crippen LogP contribution is -1.74. The Morgan fingerprint density at radius 3 is 3.00 bits per heavy atom. The van der Waals surface area contributed by atoms with Gasteiger partial charge >= 0.3 is 0 Å². The van der Waals surface area contributed by atoms with Gasteiger partial charge in [0, 0.05) is 0 Å². The summed E-state index contributed by atoms with van der Waals surface area (Å²) in [5.41, 5.74) is 0. The van der Waals surface area contributed by atoms with Crippen LogP contribution in [0.15, 0.2) is 22.6 Å². The third-order valence-corrected chi connectivity index (χ3v) is 1.99. The number of hydrogen-bond donors (Lipinski definition) is 0. The fourth-order valence-corrected chi connectivity index (χ4v) is 0.676. The summed E-state index contributed by atoms with van der Waals surface area (Å²) in [6.07, 6.45) is 0. The molecule has 1 aromatic carbocycles. The minimum Gasteiger partial charge on any atom is -0.206 e. The van der Waals surface area contributed by atoms with E-state index in [9.17, 15) is 4.39 Å². The summed E-state index contributed by atoms with van der Waals surface area (Å²) in [6, 6.07) is -1.45. The van der Waals surface area contributed by atoms with Crippen molar-refractivity contribution in [3.63, 3.8) is 0 Å². The molecule has 3 heteroatoms. The Morgan fingerprint density at radius 2 is 2.33 bits per heavy atom. The number of benzene rings is 1. The Hall–Kier alpha value is -0.0800. The second kappa shape index (κ2) is 2.67. The molecular weight excluding hydrogens is 206 g/mol. The van der Waals surface area contributed by atoms with E-state index in [1.165, 1.54) is 0 Å². The Morgan fingerprint density at radius 1 is 1.67 bits per heavy atom. The van der Waals surface area contributed by atoms with Crippen LogP contribution in [0.4, 0.5) is 4.39 Å². The van der Waals surface area contributed by atoms with Crippen molar-refractivity contribution in [1.82, 2.24) is 0 Å². The summed E-state index contributed by atoms with van der Waals surface area (Å²) in [5.74, 6) is -0.902. The molecule has 0 aliphatic heterocycles. The Labute approximate surface area is 70.0 Å². The normalized spacial score (nSPS) is 14.3. The zero-order chi connectivity index (χ0) is 9.46. The van der Waals surface area contributed by atoms with Crippen molar-refractivity contribution >= 4 is 27.5 Å². The molecule has 0 aliphatic rings. The average Bonchev–Trinajstić information content (AvgIpc) is 2.08. The lowest BCUT2D eigenvalue weighted by atomic mass is 10.3. The quantitative estimate of drug-likeness (QED) is 0.579. The van der Waals surface area contributed by atoms with Gasteiger partial charge in [-0.15, -0.1) is 0 Å². The van der Waals surface area contributed by atoms with Crippen LogP contribution in [0.25, 0.3) is 0 Å². The van der Waals surface area contributed by atoms with Gasteiger partial charge in [-0.1, -0.05) is 17.6 Å². The Bertz CT molecular complexity index is 237. The maximum absolute atomic E-state index is 12.9. The van der Waals surface area contributed by atoms with E-state index in [2.05, 4.69) is 15.9 Å². The van der Waals surface area contributed by atoms with Crippen molar-refractivity contribution in [2.45, 2.75) is 0 Å². The van der Waals surface area contributed by atoms with Crippen LogP contribution in [0.2, 0.25) is 5.02 Å². The summed E-state index contributed by atoms with van der Waals surface area (Å²) < 4.78 is 34.1. The van der Waals surface area contributed by atoms with Crippen LogP contribution in [0.5, 0.6) is 0 Å². The van der Waals surface area contributed by atoms with E-state index in [0.717, 1.165) is 0 Å². The van der Waals surface area contributed by atoms with Crippen molar-refractivity contribution in [3.05, 3.63) is 33.4 Å². The standard InChI is InChI=1S/C6H3BrClF/c7-6-4(8)2-1-3-5(6)9/h1-3H/i1D,2D,3D. The second-order valence-electron chi connectivity index (χ2n) is 1.32. The molecule has 0 nitrogen and oxygen atoms in total. The molecule has 0 aromatic heterocycles. The van der Waals surface area contributed by atoms with Gasteiger partial charge in [0.1, 0.15) is 5.82 Å². The SMILES string of the molecule is [2H]c1c([2H])c(F)c(Br)c(Cl)c1[2H]. The monoisotopic (exact) mass is 211 g/mol. The number of rotatable bonds is 0. The maximum atomic E-state index is 12.9. The smallest absolute Gasteiger partial charge is 0.138 e. The van der Waals surface area contributed by atoms with Gasteiger partial charge in [-0.3, -0.25) is 0 Å². The van der Waals surface area contributed by atoms with Gasteiger partial charge in [-0.05, 0) is 28.0 Å². The summed E-state index contributed by atoms with van der Waals surface area (Å²) in [4.78, 5) is 0. The first-order valence-electron chi connectivity index (χ1n) is 3.57. The molecule has 0 heterocycles. The molecule has 0 amide bonds. The first kappa shape index (κ1) is 3.94. The highest BCUT2D eigenvalue weighted by molar-refractivity contribution is 9.10. The molecule has 0 spiro atoms. The van der Waals surface area contributed by atoms with Crippen LogP contribution in [-0.4, -0.2) is 0 Å². The molecule has 0 radical (unpaired) electrons. The van der Waals surface area contributed by atoms with E-state index >= 15 is 0 Å². The molecule has 0 bridgehead atoms. The topological polar surface area (TPSA) is 0 Å². The molecule has 0 atom stereocenters. The second-order valence-corrected chi connectivity index (χ2v) is 2.49. The van der Waals surface area contributed by atoms with E-state index in [-0.39, 0.29) is 15.5 Å². The fraction of sp³-hybridized carbons (Fsp3) is 0. The summed E-state index contributed by atoms with van der Waals surface area (Å²) in [5, 5.41) is -0.173. The van der Waals surface area contributed by atoms with Gasteiger partial charge in [0.05, 0.1) is 13.6 Å². The average molecular weight is 212 g/mol. The highest BCUT2D eigenvalue weighted by Crippen LogP contribution is 2.24. The lowest BCUT2D eigenvalue weighted by Gasteiger charge is -1.93. The largest absolute Gasteiger partial charge is 0.206 e. The molecule has 0 unspecified atom stereocenters. The van der Waals surface area contributed by atoms with E-state index in [1.54, 1.807) is 0 Å². The number of halogens is 3. The zero-order valence-electron chi connectivity index (χ0n) is 7.13. The Balaban J connectivity index is 3.60. The van der Waals surface area contributed by atoms with Crippen molar-refractivity contribution in [3.8, 4) is 0 Å². The molecule has 1 rings (SSSR count). The van der Waals surface area contributed by atoms with Crippen molar-refractivity contribution in [2.75, 3.05) is 0 Å². The van der Waals surface area contributed by atoms with Gasteiger partial charge in [0.25, 0.3) is 0 Å². The van der Waals surface area contributed by atoms with E-state index in [1.807, 2.05) is 0 Å². The van der Waals surface area contributed by atoms with Gasteiger partial charge in [-0.2, -0.15) is 0 Å². The molecule has 0 N–H and O–H groups in total. The van der Waals surface area contributed by atoms with Crippen LogP contribution < -0.4 is 0 Å². The van der Waals surface area contributed by atoms with Crippen molar-refractivity contribution < 1.29 is 8.50 Å². The van der Waals surface area contributed by atoms with Gasteiger partial charge in [0.15, 0.2) is 0 Å². The van der Waals surface area contributed by atoms with Crippen LogP contribution >= 0.6 is 27.5 Å². The first-order chi connectivity index (χ1) is 5.46. The van der Waals surface area contributed by atoms with Gasteiger partial charge in [-0.25, -0.2) is 4.39 Å². The van der Waals surface area contributed by atoms with Crippen LogP contribution in [0.3, 0.4) is 0 Å². The molecule has 9 heavy (non-hydrogen) atoms. The van der Waals surface area contributed by atoms with Crippen LogP contribution in [-0.2, 0) is 0 Å². The summed E-state index contributed by atoms with van der Waals surface area (Å²) >= 11 is 8.27. The first-order valence-corrected chi connectivity index (χ1v) is 3.24. The number of hydrogen-bond acceptors (Lipinski definition) is 0. The minimum absolute atomic E-state index is 0.129. The summed E-state index contributed by atoms with van der Waals surface area (Å²) in [7, 11) is 0. The lowest BCUT2D eigenvalue weighted by molar-refractivity contribution is 0.621. The molecule has 48 valence electrons. The predicted octanol–water partition coefficient (Wildman–Crippen LogP) is 3.24. The van der Waals surface area contributed by atoms with E-state index in [0.29, 0.717) is 0 Å². The highest BCUT2D eigenvalue weighted by atomic mass is 79.9. The molecule has 1 aromatic rings. The van der Waals surface area contributed by atoms with Crippen molar-refractivity contribution in [2.24, 2.45) is 0 Å². The molecule has 0 aliphatic carbocycles. The van der Waals surface area contributed by atoms with E-state index in [4.69, 9.17) is 15.7 Å². The maximum Gasteiger partial charge on any atom is 0.138 e. The van der Waals surface area contributed by atoms with Crippen molar-refractivity contribution in [1.29, 1.82) is 0 Å². The predicted molar refractivity (Wildman–Crippen MR) is 39.1 cm³/mol. The van der Waals surface area contributed by atoms with E-state index < -0.39 is 17.9 Å². The molecular formula is C6H3BrClF. The van der Waals surface area contributed by atoms with Crippen LogP contribution in [0, 0.1) is 5.82 Å². The molecule has 0 saturated carbocycles. The molecule has 0 saturated heterocycles. The Kier molecular flexibility index (Phi) is 1.17. The minimum atomic E-state index is -0.902. The van der Waals surface area contributed by atoms with Gasteiger partial charge in [0.2, 0.25) is 0 Å². The summed E-state index contributed by atoms with van der Waals surface area (Å²) in [6.45, 7) is 0. The fourth-order valence-electron chi connectivity index (χ4n) is 0.347. The third kappa shape index (κ3) is 1.43. The van der Waals surface area contributed by atoms with Gasteiger partial charge < -0.3 is 0 Å². The zero-order valence-corrected chi connectivity index (χ0v) is 6.48. The molecule has 0 fully saturated rings. The highest BCUT2D eigenvalue weighted by Gasteiger charge is 1.99.